The first-order valence-electron chi connectivity index (χ1n) is 9.38. The van der Waals surface area contributed by atoms with Crippen LogP contribution in [-0.2, 0) is 0 Å². The Hall–Kier alpha value is -3.23. The van der Waals surface area contributed by atoms with Crippen LogP contribution in [0.15, 0.2) is 30.7 Å². The first-order chi connectivity index (χ1) is 13.7. The number of hydrogen-bond donors (Lipinski definition) is 1. The second kappa shape index (κ2) is 6.74. The van der Waals surface area contributed by atoms with E-state index in [-0.39, 0.29) is 17.8 Å². The fourth-order valence-electron chi connectivity index (χ4n) is 3.88. The van der Waals surface area contributed by atoms with Gasteiger partial charge < -0.3 is 15.0 Å². The van der Waals surface area contributed by atoms with E-state index in [0.29, 0.717) is 36.7 Å². The van der Waals surface area contributed by atoms with E-state index in [1.54, 1.807) is 10.7 Å². The maximum Gasteiger partial charge on any atom is 0.256 e. The fourth-order valence-corrected chi connectivity index (χ4v) is 3.88. The Kier molecular flexibility index (Phi) is 4.07. The Morgan fingerprint density at radius 3 is 3.14 bits per heavy atom. The minimum absolute atomic E-state index is 0.0868. The minimum Gasteiger partial charge on any atom is -0.477 e. The van der Waals surface area contributed by atoms with Gasteiger partial charge in [-0.1, -0.05) is 0 Å². The number of rotatable bonds is 0. The number of ether oxygens (including phenoxy) is 1. The maximum atomic E-state index is 14.0. The van der Waals surface area contributed by atoms with Crippen molar-refractivity contribution in [1.82, 2.24) is 24.9 Å². The normalized spacial score (nSPS) is 19.7. The third-order valence-corrected chi connectivity index (χ3v) is 5.20. The highest BCUT2D eigenvalue weighted by Crippen LogP contribution is 2.39. The van der Waals surface area contributed by atoms with Crippen LogP contribution in [0, 0.1) is 5.82 Å². The van der Waals surface area contributed by atoms with Crippen LogP contribution < -0.4 is 15.0 Å². The lowest BCUT2D eigenvalue weighted by atomic mass is 10.1. The molecule has 0 saturated carbocycles. The second-order valence-electron chi connectivity index (χ2n) is 6.97. The first-order valence-corrected chi connectivity index (χ1v) is 9.38. The molecule has 0 radical (unpaired) electrons. The molecule has 2 aliphatic rings. The van der Waals surface area contributed by atoms with Crippen LogP contribution in [0.2, 0.25) is 0 Å². The third kappa shape index (κ3) is 2.83. The van der Waals surface area contributed by atoms with E-state index in [1.165, 1.54) is 18.5 Å². The zero-order valence-electron chi connectivity index (χ0n) is 15.1. The van der Waals surface area contributed by atoms with Crippen molar-refractivity contribution in [2.24, 2.45) is 0 Å². The molecule has 0 spiro atoms. The third-order valence-electron chi connectivity index (χ3n) is 5.20. The molecule has 0 aliphatic carbocycles. The largest absolute Gasteiger partial charge is 0.477 e. The molecule has 28 heavy (non-hydrogen) atoms. The number of pyridine rings is 1. The lowest BCUT2D eigenvalue weighted by Crippen LogP contribution is -2.27. The van der Waals surface area contributed by atoms with Gasteiger partial charge in [0, 0.05) is 24.8 Å². The van der Waals surface area contributed by atoms with Gasteiger partial charge in [0.2, 0.25) is 5.88 Å². The highest BCUT2D eigenvalue weighted by atomic mass is 19.1. The van der Waals surface area contributed by atoms with Gasteiger partial charge >= 0.3 is 0 Å². The van der Waals surface area contributed by atoms with Crippen molar-refractivity contribution in [2.75, 3.05) is 24.6 Å². The van der Waals surface area contributed by atoms with Gasteiger partial charge in [0.25, 0.3) is 5.91 Å². The van der Waals surface area contributed by atoms with Crippen molar-refractivity contribution in [1.29, 1.82) is 0 Å². The Bertz CT molecular complexity index is 1050. The van der Waals surface area contributed by atoms with Crippen LogP contribution in [0.25, 0.3) is 5.65 Å². The van der Waals surface area contributed by atoms with Gasteiger partial charge in [-0.15, -0.1) is 0 Å². The van der Waals surface area contributed by atoms with Gasteiger partial charge in [0.15, 0.2) is 5.65 Å². The molecular weight excluding hydrogens is 363 g/mol. The molecule has 0 aromatic carbocycles. The summed E-state index contributed by atoms with van der Waals surface area (Å²) in [5.74, 6) is 0.559. The smallest absolute Gasteiger partial charge is 0.256 e. The summed E-state index contributed by atoms with van der Waals surface area (Å²) in [6.07, 6.45) is 6.89. The number of amides is 1. The number of fused-ring (bicyclic) bond motifs is 5. The number of nitrogens with one attached hydrogen (secondary N) is 1. The molecule has 1 N–H and O–H groups in total. The summed E-state index contributed by atoms with van der Waals surface area (Å²) in [6, 6.07) is 3.28. The van der Waals surface area contributed by atoms with Crippen molar-refractivity contribution in [3.63, 3.8) is 0 Å². The van der Waals surface area contributed by atoms with E-state index in [0.717, 1.165) is 30.8 Å². The number of anilines is 1. The van der Waals surface area contributed by atoms with E-state index in [9.17, 15) is 9.18 Å². The SMILES string of the molecule is O=C1NCCCOc2ncc(F)cc2C2CCCN2c2ccn3ncc1c3n2. The zero-order chi connectivity index (χ0) is 19.1. The van der Waals surface area contributed by atoms with Crippen molar-refractivity contribution in [3.8, 4) is 5.88 Å². The maximum absolute atomic E-state index is 14.0. The number of aromatic nitrogens is 4. The van der Waals surface area contributed by atoms with Gasteiger partial charge in [0.1, 0.15) is 17.2 Å². The summed E-state index contributed by atoms with van der Waals surface area (Å²) < 4.78 is 21.4. The highest BCUT2D eigenvalue weighted by Gasteiger charge is 2.31. The number of carbonyl (C=O) groups excluding carboxylic acids is 1. The molecule has 1 atom stereocenters. The molecule has 1 amide bonds. The van der Waals surface area contributed by atoms with Gasteiger partial charge in [-0.3, -0.25) is 4.79 Å². The number of nitrogens with zero attached hydrogens (tertiary/aromatic N) is 5. The second-order valence-corrected chi connectivity index (χ2v) is 6.97. The van der Waals surface area contributed by atoms with Crippen LogP contribution in [0.4, 0.5) is 10.2 Å². The lowest BCUT2D eigenvalue weighted by Gasteiger charge is -2.27. The molecule has 9 heteroatoms. The standard InChI is InChI=1S/C19H19FN6O2/c20-12-9-13-15-3-1-6-25(15)16-4-7-26-17(24-16)14(11-23-26)18(27)21-5-2-8-28-19(13)22-10-12/h4,7,9-11,15H,1-3,5-6,8H2,(H,21,27). The van der Waals surface area contributed by atoms with Gasteiger partial charge in [-0.05, 0) is 31.4 Å². The molecule has 3 aromatic heterocycles. The van der Waals surface area contributed by atoms with Crippen molar-refractivity contribution in [3.05, 3.63) is 47.7 Å². The van der Waals surface area contributed by atoms with Crippen LogP contribution in [0.3, 0.4) is 0 Å². The molecule has 1 unspecified atom stereocenters. The predicted molar refractivity (Wildman–Crippen MR) is 98.9 cm³/mol. The summed E-state index contributed by atoms with van der Waals surface area (Å²) in [4.78, 5) is 23.5. The summed E-state index contributed by atoms with van der Waals surface area (Å²) >= 11 is 0. The number of carbonyl (C=O) groups is 1. The molecule has 5 rings (SSSR count). The number of hydrogen-bond acceptors (Lipinski definition) is 6. The molecule has 2 bridgehead atoms. The molecule has 144 valence electrons. The van der Waals surface area contributed by atoms with E-state index in [1.807, 2.05) is 6.07 Å². The molecule has 1 fully saturated rings. The topological polar surface area (TPSA) is 84.7 Å². The van der Waals surface area contributed by atoms with Crippen LogP contribution in [0.1, 0.15) is 41.2 Å². The van der Waals surface area contributed by atoms with Gasteiger partial charge in [0.05, 0.1) is 25.0 Å². The molecule has 3 aromatic rings. The molecule has 5 heterocycles. The molecule has 2 aliphatic heterocycles. The highest BCUT2D eigenvalue weighted by molar-refractivity contribution is 5.99. The van der Waals surface area contributed by atoms with Crippen LogP contribution in [0.5, 0.6) is 5.88 Å². The van der Waals surface area contributed by atoms with Crippen molar-refractivity contribution in [2.45, 2.75) is 25.3 Å². The average molecular weight is 382 g/mol. The van der Waals surface area contributed by atoms with Crippen molar-refractivity contribution >= 4 is 17.4 Å². The average Bonchev–Trinajstić information content (AvgIpc) is 3.34. The Balaban J connectivity index is 1.65. The minimum atomic E-state index is -0.385. The molecule has 1 saturated heterocycles. The van der Waals surface area contributed by atoms with Crippen LogP contribution >= 0.6 is 0 Å². The zero-order valence-corrected chi connectivity index (χ0v) is 15.1. The monoisotopic (exact) mass is 382 g/mol. The predicted octanol–water partition coefficient (Wildman–Crippen LogP) is 2.12. The Labute approximate surface area is 160 Å². The molecule has 8 nitrogen and oxygen atoms in total. The first kappa shape index (κ1) is 16.9. The van der Waals surface area contributed by atoms with E-state index < -0.39 is 0 Å². The molecular formula is C19H19FN6O2. The Morgan fingerprint density at radius 1 is 1.29 bits per heavy atom. The number of halogens is 1. The van der Waals surface area contributed by atoms with Crippen molar-refractivity contribution < 1.29 is 13.9 Å². The quantitative estimate of drug-likeness (QED) is 0.641. The summed E-state index contributed by atoms with van der Waals surface area (Å²) in [6.45, 7) is 1.60. The fraction of sp³-hybridized carbons (Fsp3) is 0.368. The lowest BCUT2D eigenvalue weighted by molar-refractivity contribution is 0.0953. The van der Waals surface area contributed by atoms with E-state index >= 15 is 0 Å². The van der Waals surface area contributed by atoms with Gasteiger partial charge in [-0.2, -0.15) is 5.10 Å². The van der Waals surface area contributed by atoms with E-state index in [4.69, 9.17) is 9.72 Å². The van der Waals surface area contributed by atoms with E-state index in [2.05, 4.69) is 20.3 Å². The van der Waals surface area contributed by atoms with Gasteiger partial charge in [-0.25, -0.2) is 18.9 Å². The van der Waals surface area contributed by atoms with Crippen LogP contribution in [-0.4, -0.2) is 45.2 Å². The Morgan fingerprint density at radius 2 is 2.21 bits per heavy atom. The summed E-state index contributed by atoms with van der Waals surface area (Å²) in [5, 5.41) is 7.09. The summed E-state index contributed by atoms with van der Waals surface area (Å²) in [5.41, 5.74) is 1.67. The summed E-state index contributed by atoms with van der Waals surface area (Å²) in [7, 11) is 0.